The highest BCUT2D eigenvalue weighted by Crippen LogP contribution is 2.24. The summed E-state index contributed by atoms with van der Waals surface area (Å²) in [6, 6.07) is 8.74. The molecule has 0 radical (unpaired) electrons. The van der Waals surface area contributed by atoms with Crippen LogP contribution < -0.4 is 20.5 Å². The predicted octanol–water partition coefficient (Wildman–Crippen LogP) is 3.31. The quantitative estimate of drug-likeness (QED) is 0.614. The Kier molecular flexibility index (Phi) is 6.04. The molecule has 2 rings (SSSR count). The van der Waals surface area contributed by atoms with E-state index in [2.05, 4.69) is 20.0 Å². The van der Waals surface area contributed by atoms with E-state index in [1.54, 1.807) is 12.3 Å². The van der Waals surface area contributed by atoms with E-state index in [9.17, 15) is 13.2 Å². The Labute approximate surface area is 142 Å². The molecule has 0 aliphatic carbocycles. The Bertz CT molecular complexity index is 718. The van der Waals surface area contributed by atoms with Gasteiger partial charge in [0.15, 0.2) is 5.96 Å². The second-order valence-corrected chi connectivity index (χ2v) is 4.80. The lowest BCUT2D eigenvalue weighted by Crippen LogP contribution is -2.22. The predicted molar refractivity (Wildman–Crippen MR) is 87.5 cm³/mol. The van der Waals surface area contributed by atoms with Crippen molar-refractivity contribution < 1.29 is 22.6 Å². The van der Waals surface area contributed by atoms with Crippen molar-refractivity contribution in [1.29, 1.82) is 0 Å². The number of hydrogen-bond donors (Lipinski definition) is 2. The molecule has 0 spiro atoms. The number of hydrogen-bond acceptors (Lipinski definition) is 4. The van der Waals surface area contributed by atoms with Crippen LogP contribution in [0.2, 0.25) is 0 Å². The Morgan fingerprint density at radius 3 is 2.60 bits per heavy atom. The number of rotatable bonds is 6. The van der Waals surface area contributed by atoms with E-state index in [1.165, 1.54) is 24.3 Å². The molecule has 6 nitrogen and oxygen atoms in total. The van der Waals surface area contributed by atoms with E-state index in [0.717, 1.165) is 5.56 Å². The molecule has 0 saturated carbocycles. The fourth-order valence-electron chi connectivity index (χ4n) is 1.91. The van der Waals surface area contributed by atoms with Gasteiger partial charge in [-0.2, -0.15) is 0 Å². The van der Waals surface area contributed by atoms with Gasteiger partial charge < -0.3 is 20.5 Å². The lowest BCUT2D eigenvalue weighted by atomic mass is 10.3. The molecule has 0 aliphatic rings. The van der Waals surface area contributed by atoms with Crippen LogP contribution in [0.5, 0.6) is 11.6 Å². The molecule has 1 aromatic heterocycles. The van der Waals surface area contributed by atoms with Crippen molar-refractivity contribution in [2.24, 2.45) is 10.7 Å². The minimum Gasteiger partial charge on any atom is -0.478 e. The second-order valence-electron chi connectivity index (χ2n) is 4.80. The van der Waals surface area contributed by atoms with Crippen LogP contribution in [0.1, 0.15) is 12.5 Å². The number of nitrogens with two attached hydrogens (primary N) is 1. The molecule has 0 amide bonds. The van der Waals surface area contributed by atoms with E-state index in [4.69, 9.17) is 10.5 Å². The molecule has 0 atom stereocenters. The second kappa shape index (κ2) is 8.22. The van der Waals surface area contributed by atoms with Crippen molar-refractivity contribution in [1.82, 2.24) is 4.98 Å². The lowest BCUT2D eigenvalue weighted by Gasteiger charge is -2.10. The van der Waals surface area contributed by atoms with Gasteiger partial charge in [0, 0.05) is 17.4 Å². The number of guanidine groups is 1. The molecular weight excluding hydrogens is 337 g/mol. The fraction of sp³-hybridized carbons (Fsp3) is 0.250. The van der Waals surface area contributed by atoms with Gasteiger partial charge in [0.2, 0.25) is 5.88 Å². The largest absolute Gasteiger partial charge is 0.573 e. The standard InChI is InChI=1S/C16H17F3N4O2/c1-2-24-14-11(4-3-9-21-14)10-22-15(20)23-12-5-7-13(8-6-12)25-16(17,18)19/h3-9H,2,10H2,1H3,(H3,20,22,23). The Hall–Kier alpha value is -2.97. The molecule has 1 aromatic carbocycles. The van der Waals surface area contributed by atoms with E-state index in [0.29, 0.717) is 18.2 Å². The van der Waals surface area contributed by atoms with Gasteiger partial charge in [-0.25, -0.2) is 9.98 Å². The Morgan fingerprint density at radius 2 is 1.96 bits per heavy atom. The molecule has 1 heterocycles. The summed E-state index contributed by atoms with van der Waals surface area (Å²) < 4.78 is 45.5. The first-order valence-corrected chi connectivity index (χ1v) is 7.37. The van der Waals surface area contributed by atoms with Gasteiger partial charge in [-0.3, -0.25) is 0 Å². The van der Waals surface area contributed by atoms with Crippen LogP contribution in [0.4, 0.5) is 18.9 Å². The molecule has 0 saturated heterocycles. The average molecular weight is 354 g/mol. The Morgan fingerprint density at radius 1 is 1.24 bits per heavy atom. The van der Waals surface area contributed by atoms with Crippen LogP contribution in [0.25, 0.3) is 0 Å². The minimum absolute atomic E-state index is 0.107. The minimum atomic E-state index is -4.72. The van der Waals surface area contributed by atoms with Crippen molar-refractivity contribution in [3.63, 3.8) is 0 Å². The van der Waals surface area contributed by atoms with Gasteiger partial charge >= 0.3 is 6.36 Å². The fourth-order valence-corrected chi connectivity index (χ4v) is 1.91. The summed E-state index contributed by atoms with van der Waals surface area (Å²) in [5, 5.41) is 2.78. The number of aliphatic imine (C=N–C) groups is 1. The van der Waals surface area contributed by atoms with Crippen LogP contribution >= 0.6 is 0 Å². The summed E-state index contributed by atoms with van der Waals surface area (Å²) in [6.45, 7) is 2.58. The lowest BCUT2D eigenvalue weighted by molar-refractivity contribution is -0.274. The third-order valence-electron chi connectivity index (χ3n) is 2.91. The monoisotopic (exact) mass is 354 g/mol. The summed E-state index contributed by atoms with van der Waals surface area (Å²) in [5.74, 6) is 0.274. The van der Waals surface area contributed by atoms with E-state index in [1.807, 2.05) is 13.0 Å². The number of ether oxygens (including phenoxy) is 2. The van der Waals surface area contributed by atoms with E-state index in [-0.39, 0.29) is 18.3 Å². The molecule has 3 N–H and O–H groups in total. The van der Waals surface area contributed by atoms with Gasteiger partial charge in [0.05, 0.1) is 13.2 Å². The summed E-state index contributed by atoms with van der Waals surface area (Å²) in [5.41, 5.74) is 7.03. The molecule has 25 heavy (non-hydrogen) atoms. The number of aromatic nitrogens is 1. The SMILES string of the molecule is CCOc1ncccc1CN=C(N)Nc1ccc(OC(F)(F)F)cc1. The van der Waals surface area contributed by atoms with Crippen LogP contribution in [0.3, 0.4) is 0 Å². The number of anilines is 1. The zero-order valence-electron chi connectivity index (χ0n) is 13.4. The van der Waals surface area contributed by atoms with Crippen molar-refractivity contribution in [2.75, 3.05) is 11.9 Å². The first-order valence-electron chi connectivity index (χ1n) is 7.37. The third-order valence-corrected chi connectivity index (χ3v) is 2.91. The molecule has 2 aromatic rings. The highest BCUT2D eigenvalue weighted by atomic mass is 19.4. The molecule has 0 aliphatic heterocycles. The van der Waals surface area contributed by atoms with Gasteiger partial charge in [0.1, 0.15) is 5.75 Å². The maximum Gasteiger partial charge on any atom is 0.573 e. The number of halogens is 3. The highest BCUT2D eigenvalue weighted by molar-refractivity contribution is 5.92. The number of pyridine rings is 1. The van der Waals surface area contributed by atoms with Crippen LogP contribution in [-0.2, 0) is 6.54 Å². The topological polar surface area (TPSA) is 81.8 Å². The molecule has 9 heteroatoms. The highest BCUT2D eigenvalue weighted by Gasteiger charge is 2.30. The molecule has 0 unspecified atom stereocenters. The summed E-state index contributed by atoms with van der Waals surface area (Å²) in [4.78, 5) is 8.28. The van der Waals surface area contributed by atoms with E-state index < -0.39 is 6.36 Å². The molecule has 134 valence electrons. The average Bonchev–Trinajstić information content (AvgIpc) is 2.55. The summed E-state index contributed by atoms with van der Waals surface area (Å²) in [6.07, 6.45) is -3.11. The number of alkyl halides is 3. The summed E-state index contributed by atoms with van der Waals surface area (Å²) >= 11 is 0. The van der Waals surface area contributed by atoms with Crippen LogP contribution in [-0.4, -0.2) is 23.9 Å². The number of nitrogens with one attached hydrogen (secondary N) is 1. The van der Waals surface area contributed by atoms with Crippen LogP contribution in [0, 0.1) is 0 Å². The van der Waals surface area contributed by atoms with Crippen molar-refractivity contribution >= 4 is 11.6 Å². The van der Waals surface area contributed by atoms with Gasteiger partial charge in [0.25, 0.3) is 0 Å². The van der Waals surface area contributed by atoms with Gasteiger partial charge in [-0.15, -0.1) is 13.2 Å². The maximum atomic E-state index is 12.1. The smallest absolute Gasteiger partial charge is 0.478 e. The first kappa shape index (κ1) is 18.4. The van der Waals surface area contributed by atoms with E-state index >= 15 is 0 Å². The number of benzene rings is 1. The van der Waals surface area contributed by atoms with Crippen LogP contribution in [0.15, 0.2) is 47.6 Å². The zero-order valence-corrected chi connectivity index (χ0v) is 13.4. The van der Waals surface area contributed by atoms with Crippen molar-refractivity contribution in [3.05, 3.63) is 48.2 Å². The van der Waals surface area contributed by atoms with Crippen molar-refractivity contribution in [3.8, 4) is 11.6 Å². The van der Waals surface area contributed by atoms with Gasteiger partial charge in [-0.1, -0.05) is 6.07 Å². The summed E-state index contributed by atoms with van der Waals surface area (Å²) in [7, 11) is 0. The first-order chi connectivity index (χ1) is 11.9. The van der Waals surface area contributed by atoms with Gasteiger partial charge in [-0.05, 0) is 37.3 Å². The maximum absolute atomic E-state index is 12.1. The Balaban J connectivity index is 1.97. The molecular formula is C16H17F3N4O2. The molecule has 0 fully saturated rings. The number of nitrogens with zero attached hydrogens (tertiary/aromatic N) is 2. The normalized spacial score (nSPS) is 11.9. The zero-order chi connectivity index (χ0) is 18.3. The third kappa shape index (κ3) is 6.21. The molecule has 0 bridgehead atoms. The van der Waals surface area contributed by atoms with Crippen molar-refractivity contribution in [2.45, 2.75) is 19.8 Å².